The molecule has 0 atom stereocenters. The summed E-state index contributed by atoms with van der Waals surface area (Å²) in [4.78, 5) is 14.7. The maximum Gasteiger partial charge on any atom is 0.269 e. The molecule has 2 aromatic carbocycles. The monoisotopic (exact) mass is 382 g/mol. The fourth-order valence-electron chi connectivity index (χ4n) is 2.15. The molecule has 3 rings (SSSR count). The van der Waals surface area contributed by atoms with Crippen LogP contribution in [0.4, 0.5) is 11.4 Å². The molecular formula is C18H11ClN4O2S. The van der Waals surface area contributed by atoms with Crippen molar-refractivity contribution in [2.45, 2.75) is 0 Å². The average molecular weight is 383 g/mol. The molecule has 0 saturated heterocycles. The number of nitro benzene ring substituents is 1. The van der Waals surface area contributed by atoms with E-state index < -0.39 is 4.92 Å². The van der Waals surface area contributed by atoms with Gasteiger partial charge in [0.05, 0.1) is 21.3 Å². The molecule has 1 heterocycles. The Hall–Kier alpha value is -3.21. The van der Waals surface area contributed by atoms with E-state index in [4.69, 9.17) is 11.6 Å². The first-order chi connectivity index (χ1) is 12.6. The maximum atomic E-state index is 10.7. The smallest absolute Gasteiger partial charge is 0.269 e. The minimum Gasteiger partial charge on any atom is -0.359 e. The molecular weight excluding hydrogens is 372 g/mol. The van der Waals surface area contributed by atoms with Gasteiger partial charge < -0.3 is 5.32 Å². The van der Waals surface area contributed by atoms with Crippen LogP contribution in [-0.4, -0.2) is 9.91 Å². The van der Waals surface area contributed by atoms with Crippen LogP contribution in [0.5, 0.6) is 0 Å². The molecule has 0 radical (unpaired) electrons. The molecule has 0 unspecified atom stereocenters. The number of para-hydroxylation sites is 1. The van der Waals surface area contributed by atoms with Crippen molar-refractivity contribution in [3.63, 3.8) is 0 Å². The first kappa shape index (κ1) is 17.6. The number of non-ortho nitro benzene ring substituents is 1. The number of benzene rings is 2. The Kier molecular flexibility index (Phi) is 5.27. The molecule has 6 nitrogen and oxygen atoms in total. The quantitative estimate of drug-likeness (QED) is 0.365. The second kappa shape index (κ2) is 7.78. The van der Waals surface area contributed by atoms with Gasteiger partial charge in [0.1, 0.15) is 16.6 Å². The van der Waals surface area contributed by atoms with Gasteiger partial charge in [-0.1, -0.05) is 23.7 Å². The van der Waals surface area contributed by atoms with Gasteiger partial charge in [0.25, 0.3) is 5.69 Å². The van der Waals surface area contributed by atoms with Gasteiger partial charge in [0.2, 0.25) is 0 Å². The number of allylic oxidation sites excluding steroid dienone is 1. The summed E-state index contributed by atoms with van der Waals surface area (Å²) >= 11 is 7.40. The Morgan fingerprint density at radius 1 is 1.27 bits per heavy atom. The first-order valence-corrected chi connectivity index (χ1v) is 8.66. The van der Waals surface area contributed by atoms with Crippen molar-refractivity contribution in [1.82, 2.24) is 4.98 Å². The largest absolute Gasteiger partial charge is 0.359 e. The summed E-state index contributed by atoms with van der Waals surface area (Å²) in [7, 11) is 0. The van der Waals surface area contributed by atoms with Crippen molar-refractivity contribution in [3.8, 4) is 17.3 Å². The summed E-state index contributed by atoms with van der Waals surface area (Å²) in [6, 6.07) is 15.4. The molecule has 26 heavy (non-hydrogen) atoms. The molecule has 0 aliphatic heterocycles. The van der Waals surface area contributed by atoms with Crippen LogP contribution in [-0.2, 0) is 0 Å². The average Bonchev–Trinajstić information content (AvgIpc) is 3.14. The standard InChI is InChI=1S/C18H11ClN4O2S/c19-15-3-1-2-4-16(15)21-10-13(9-20)18-22-17(11-26-18)12-5-7-14(8-6-12)23(24)25/h1-8,10-11,21H. The highest BCUT2D eigenvalue weighted by molar-refractivity contribution is 7.11. The van der Waals surface area contributed by atoms with Crippen molar-refractivity contribution in [2.75, 3.05) is 5.32 Å². The number of halogens is 1. The number of hydrogen-bond acceptors (Lipinski definition) is 6. The van der Waals surface area contributed by atoms with Crippen LogP contribution in [0.25, 0.3) is 16.8 Å². The zero-order valence-corrected chi connectivity index (χ0v) is 14.8. The van der Waals surface area contributed by atoms with E-state index >= 15 is 0 Å². The number of rotatable bonds is 5. The van der Waals surface area contributed by atoms with E-state index in [9.17, 15) is 15.4 Å². The van der Waals surface area contributed by atoms with Gasteiger partial charge in [-0.15, -0.1) is 11.3 Å². The molecule has 0 fully saturated rings. The Balaban J connectivity index is 1.83. The molecule has 1 N–H and O–H groups in total. The van der Waals surface area contributed by atoms with Crippen molar-refractivity contribution in [1.29, 1.82) is 5.26 Å². The molecule has 0 bridgehead atoms. The lowest BCUT2D eigenvalue weighted by molar-refractivity contribution is -0.384. The lowest BCUT2D eigenvalue weighted by Crippen LogP contribution is -1.91. The molecule has 8 heteroatoms. The number of anilines is 1. The van der Waals surface area contributed by atoms with E-state index in [1.807, 2.05) is 12.1 Å². The van der Waals surface area contributed by atoms with Crippen LogP contribution in [0.1, 0.15) is 5.01 Å². The lowest BCUT2D eigenvalue weighted by Gasteiger charge is -2.03. The van der Waals surface area contributed by atoms with Gasteiger partial charge in [-0.3, -0.25) is 10.1 Å². The van der Waals surface area contributed by atoms with Crippen LogP contribution < -0.4 is 5.32 Å². The van der Waals surface area contributed by atoms with E-state index in [1.165, 1.54) is 23.5 Å². The van der Waals surface area contributed by atoms with Crippen LogP contribution >= 0.6 is 22.9 Å². The van der Waals surface area contributed by atoms with Crippen molar-refractivity contribution < 1.29 is 4.92 Å². The summed E-state index contributed by atoms with van der Waals surface area (Å²) in [5.41, 5.74) is 2.47. The van der Waals surface area contributed by atoms with Gasteiger partial charge >= 0.3 is 0 Å². The second-order valence-corrected chi connectivity index (χ2v) is 6.40. The van der Waals surface area contributed by atoms with Gasteiger partial charge in [-0.05, 0) is 24.3 Å². The maximum absolute atomic E-state index is 10.7. The van der Waals surface area contributed by atoms with Gasteiger partial charge in [-0.25, -0.2) is 4.98 Å². The Morgan fingerprint density at radius 3 is 2.65 bits per heavy atom. The van der Waals surface area contributed by atoms with Crippen LogP contribution in [0.3, 0.4) is 0 Å². The molecule has 0 saturated carbocycles. The predicted molar refractivity (Wildman–Crippen MR) is 103 cm³/mol. The summed E-state index contributed by atoms with van der Waals surface area (Å²) in [6.07, 6.45) is 1.56. The summed E-state index contributed by atoms with van der Waals surface area (Å²) in [6.45, 7) is 0. The van der Waals surface area contributed by atoms with Crippen molar-refractivity contribution in [3.05, 3.63) is 80.3 Å². The first-order valence-electron chi connectivity index (χ1n) is 7.40. The van der Waals surface area contributed by atoms with Gasteiger partial charge in [0, 0.05) is 29.3 Å². The Morgan fingerprint density at radius 2 is 2.00 bits per heavy atom. The molecule has 3 aromatic rings. The SMILES string of the molecule is N#CC(=CNc1ccccc1Cl)c1nc(-c2ccc([N+](=O)[O-])cc2)cs1. The molecule has 0 aliphatic carbocycles. The van der Waals surface area contributed by atoms with E-state index in [2.05, 4.69) is 16.4 Å². The predicted octanol–water partition coefficient (Wildman–Crippen LogP) is 5.35. The van der Waals surface area contributed by atoms with Gasteiger partial charge in [0.15, 0.2) is 0 Å². The molecule has 1 aromatic heterocycles. The number of nitrogens with one attached hydrogen (secondary N) is 1. The summed E-state index contributed by atoms with van der Waals surface area (Å²) < 4.78 is 0. The number of nitriles is 1. The number of thiazole rings is 1. The highest BCUT2D eigenvalue weighted by Gasteiger charge is 2.11. The fourth-order valence-corrected chi connectivity index (χ4v) is 3.14. The van der Waals surface area contributed by atoms with Crippen molar-refractivity contribution >= 4 is 39.9 Å². The third kappa shape index (κ3) is 3.88. The number of nitrogens with zero attached hydrogens (tertiary/aromatic N) is 3. The van der Waals surface area contributed by atoms with E-state index in [1.54, 1.807) is 35.8 Å². The molecule has 0 aliphatic rings. The zero-order valence-electron chi connectivity index (χ0n) is 13.2. The Bertz CT molecular complexity index is 1020. The normalized spacial score (nSPS) is 11.0. The molecule has 0 amide bonds. The highest BCUT2D eigenvalue weighted by Crippen LogP contribution is 2.28. The molecule has 128 valence electrons. The minimum absolute atomic E-state index is 0.0192. The third-order valence-corrected chi connectivity index (χ3v) is 4.68. The summed E-state index contributed by atoms with van der Waals surface area (Å²) in [5.74, 6) is 0. The highest BCUT2D eigenvalue weighted by atomic mass is 35.5. The topological polar surface area (TPSA) is 91.8 Å². The number of hydrogen-bond donors (Lipinski definition) is 1. The second-order valence-electron chi connectivity index (χ2n) is 5.14. The van der Waals surface area contributed by atoms with E-state index in [0.717, 1.165) is 5.56 Å². The minimum atomic E-state index is -0.451. The lowest BCUT2D eigenvalue weighted by atomic mass is 10.1. The van der Waals surface area contributed by atoms with Gasteiger partial charge in [-0.2, -0.15) is 5.26 Å². The Labute approximate surface area is 158 Å². The molecule has 0 spiro atoms. The zero-order chi connectivity index (χ0) is 18.5. The van der Waals surface area contributed by atoms with Crippen LogP contribution in [0, 0.1) is 21.4 Å². The fraction of sp³-hybridized carbons (Fsp3) is 0. The number of nitro groups is 1. The van der Waals surface area contributed by atoms with Crippen LogP contribution in [0.15, 0.2) is 60.1 Å². The third-order valence-electron chi connectivity index (χ3n) is 3.47. The van der Waals surface area contributed by atoms with Crippen LogP contribution in [0.2, 0.25) is 5.02 Å². The van der Waals surface area contributed by atoms with E-state index in [0.29, 0.717) is 27.0 Å². The number of aromatic nitrogens is 1. The van der Waals surface area contributed by atoms with E-state index in [-0.39, 0.29) is 5.69 Å². The van der Waals surface area contributed by atoms with Crippen molar-refractivity contribution in [2.24, 2.45) is 0 Å². The summed E-state index contributed by atoms with van der Waals surface area (Å²) in [5, 5.41) is 26.0.